The highest BCUT2D eigenvalue weighted by molar-refractivity contribution is 5.33. The molecule has 3 nitrogen and oxygen atoms in total. The summed E-state index contributed by atoms with van der Waals surface area (Å²) in [6.45, 7) is 2.93. The first-order chi connectivity index (χ1) is 7.40. The molecule has 1 aliphatic heterocycles. The van der Waals surface area contributed by atoms with E-state index in [1.807, 2.05) is 18.2 Å². The van der Waals surface area contributed by atoms with Crippen LogP contribution in [0.2, 0.25) is 0 Å². The van der Waals surface area contributed by atoms with Gasteiger partial charge in [-0.05, 0) is 18.1 Å². The monoisotopic (exact) mass is 205 g/mol. The van der Waals surface area contributed by atoms with Crippen LogP contribution in [0.4, 0.5) is 0 Å². The molecular formula is C12H17N2O. The van der Waals surface area contributed by atoms with Crippen molar-refractivity contribution in [1.29, 1.82) is 0 Å². The van der Waals surface area contributed by atoms with Crippen molar-refractivity contribution in [1.82, 2.24) is 10.6 Å². The second-order valence-corrected chi connectivity index (χ2v) is 3.78. The molecule has 1 radical (unpaired) electrons. The maximum Gasteiger partial charge on any atom is 0.122 e. The van der Waals surface area contributed by atoms with Gasteiger partial charge in [-0.3, -0.25) is 0 Å². The molecule has 1 unspecified atom stereocenters. The third kappa shape index (κ3) is 2.70. The van der Waals surface area contributed by atoms with Crippen molar-refractivity contribution in [3.8, 4) is 5.75 Å². The number of nitrogens with zero attached hydrogens (tertiary/aromatic N) is 1. The predicted octanol–water partition coefficient (Wildman–Crippen LogP) is 0.814. The Morgan fingerprint density at radius 2 is 2.33 bits per heavy atom. The summed E-state index contributed by atoms with van der Waals surface area (Å²) in [5.41, 5.74) is 1.25. The van der Waals surface area contributed by atoms with Crippen LogP contribution in [0, 0.1) is 0 Å². The van der Waals surface area contributed by atoms with Crippen LogP contribution in [0.25, 0.3) is 0 Å². The molecule has 1 saturated heterocycles. The summed E-state index contributed by atoms with van der Waals surface area (Å²) in [4.78, 5) is 0. The number of benzene rings is 1. The number of hydrogen-bond acceptors (Lipinski definition) is 2. The van der Waals surface area contributed by atoms with Gasteiger partial charge in [0.1, 0.15) is 5.75 Å². The number of methoxy groups -OCH3 is 1. The molecule has 1 aliphatic rings. The normalized spacial score (nSPS) is 21.3. The highest BCUT2D eigenvalue weighted by atomic mass is 16.5. The average Bonchev–Trinajstić information content (AvgIpc) is 2.31. The minimum absolute atomic E-state index is 0.398. The van der Waals surface area contributed by atoms with Crippen molar-refractivity contribution >= 4 is 0 Å². The summed E-state index contributed by atoms with van der Waals surface area (Å²) in [6.07, 6.45) is 0.969. The van der Waals surface area contributed by atoms with E-state index in [0.29, 0.717) is 6.04 Å². The van der Waals surface area contributed by atoms with Gasteiger partial charge in [0.15, 0.2) is 0 Å². The quantitative estimate of drug-likeness (QED) is 0.792. The minimum atomic E-state index is 0.398. The van der Waals surface area contributed by atoms with Gasteiger partial charge in [0.25, 0.3) is 0 Å². The van der Waals surface area contributed by atoms with Gasteiger partial charge in [-0.25, -0.2) is 5.32 Å². The first-order valence-corrected chi connectivity index (χ1v) is 5.39. The zero-order valence-electron chi connectivity index (χ0n) is 9.07. The van der Waals surface area contributed by atoms with Gasteiger partial charge in [0.2, 0.25) is 0 Å². The van der Waals surface area contributed by atoms with Gasteiger partial charge < -0.3 is 10.1 Å². The standard InChI is InChI=1S/C12H17N2O/c1-15-12-5-3-2-4-10(12)8-11-9-13-6-7-14-11/h2-5,11,13H,6-9H2,1H3. The third-order valence-corrected chi connectivity index (χ3v) is 2.70. The van der Waals surface area contributed by atoms with Crippen LogP contribution in [0.3, 0.4) is 0 Å². The van der Waals surface area contributed by atoms with Crippen LogP contribution in [-0.2, 0) is 6.42 Å². The Balaban J connectivity index is 2.02. The van der Waals surface area contributed by atoms with Crippen LogP contribution in [0.15, 0.2) is 24.3 Å². The smallest absolute Gasteiger partial charge is 0.122 e. The van der Waals surface area contributed by atoms with Crippen molar-refractivity contribution in [2.45, 2.75) is 12.5 Å². The maximum absolute atomic E-state index is 5.32. The predicted molar refractivity (Wildman–Crippen MR) is 60.4 cm³/mol. The molecule has 0 spiro atoms. The number of ether oxygens (including phenoxy) is 1. The van der Waals surface area contributed by atoms with E-state index in [-0.39, 0.29) is 0 Å². The van der Waals surface area contributed by atoms with Crippen molar-refractivity contribution in [2.24, 2.45) is 0 Å². The van der Waals surface area contributed by atoms with Crippen LogP contribution < -0.4 is 15.4 Å². The van der Waals surface area contributed by atoms with Crippen LogP contribution >= 0.6 is 0 Å². The van der Waals surface area contributed by atoms with Gasteiger partial charge in [-0.2, -0.15) is 0 Å². The lowest BCUT2D eigenvalue weighted by atomic mass is 10.0. The Labute approximate surface area is 90.8 Å². The molecule has 0 aliphatic carbocycles. The molecule has 81 valence electrons. The lowest BCUT2D eigenvalue weighted by Crippen LogP contribution is -2.45. The van der Waals surface area contributed by atoms with E-state index in [0.717, 1.165) is 31.8 Å². The van der Waals surface area contributed by atoms with E-state index >= 15 is 0 Å². The number of para-hydroxylation sites is 1. The van der Waals surface area contributed by atoms with E-state index in [9.17, 15) is 0 Å². The number of piperazine rings is 1. The van der Waals surface area contributed by atoms with Crippen LogP contribution in [0.5, 0.6) is 5.75 Å². The topological polar surface area (TPSA) is 35.4 Å². The number of hydrogen-bond donors (Lipinski definition) is 1. The van der Waals surface area contributed by atoms with Gasteiger partial charge in [0.05, 0.1) is 7.11 Å². The summed E-state index contributed by atoms with van der Waals surface area (Å²) in [7, 11) is 1.72. The first-order valence-electron chi connectivity index (χ1n) is 5.39. The SMILES string of the molecule is COc1ccccc1CC1CNCC[N]1. The summed E-state index contributed by atoms with van der Waals surface area (Å²) >= 11 is 0. The third-order valence-electron chi connectivity index (χ3n) is 2.70. The molecule has 1 aromatic rings. The molecule has 1 aromatic carbocycles. The Morgan fingerprint density at radius 3 is 3.07 bits per heavy atom. The number of nitrogens with one attached hydrogen (secondary N) is 1. The Hall–Kier alpha value is -1.06. The maximum atomic E-state index is 5.32. The average molecular weight is 205 g/mol. The van der Waals surface area contributed by atoms with E-state index in [1.54, 1.807) is 7.11 Å². The van der Waals surface area contributed by atoms with E-state index in [2.05, 4.69) is 16.7 Å². The lowest BCUT2D eigenvalue weighted by Gasteiger charge is -2.23. The second-order valence-electron chi connectivity index (χ2n) is 3.78. The molecule has 1 fully saturated rings. The summed E-state index contributed by atoms with van der Waals surface area (Å²) in [5, 5.41) is 7.94. The highest BCUT2D eigenvalue weighted by Crippen LogP contribution is 2.19. The van der Waals surface area contributed by atoms with Crippen molar-refractivity contribution in [2.75, 3.05) is 26.7 Å². The van der Waals surface area contributed by atoms with E-state index < -0.39 is 0 Å². The van der Waals surface area contributed by atoms with Gasteiger partial charge >= 0.3 is 0 Å². The van der Waals surface area contributed by atoms with E-state index in [1.165, 1.54) is 5.56 Å². The Bertz CT molecular complexity index is 308. The molecule has 15 heavy (non-hydrogen) atoms. The van der Waals surface area contributed by atoms with Crippen molar-refractivity contribution in [3.63, 3.8) is 0 Å². The van der Waals surface area contributed by atoms with Crippen LogP contribution in [-0.4, -0.2) is 32.8 Å². The Morgan fingerprint density at radius 1 is 1.47 bits per heavy atom. The van der Waals surface area contributed by atoms with Gasteiger partial charge in [-0.15, -0.1) is 0 Å². The van der Waals surface area contributed by atoms with Crippen LogP contribution in [0.1, 0.15) is 5.56 Å². The Kier molecular flexibility index (Phi) is 3.59. The molecule has 2 rings (SSSR count). The van der Waals surface area contributed by atoms with Crippen molar-refractivity contribution in [3.05, 3.63) is 29.8 Å². The largest absolute Gasteiger partial charge is 0.496 e. The molecule has 1 heterocycles. The second kappa shape index (κ2) is 5.14. The first kappa shape index (κ1) is 10.5. The summed E-state index contributed by atoms with van der Waals surface area (Å²) in [5.74, 6) is 0.971. The molecule has 0 amide bonds. The fraction of sp³-hybridized carbons (Fsp3) is 0.500. The lowest BCUT2D eigenvalue weighted by molar-refractivity contribution is 0.387. The molecule has 1 atom stereocenters. The number of rotatable bonds is 3. The molecule has 0 aromatic heterocycles. The zero-order chi connectivity index (χ0) is 10.5. The highest BCUT2D eigenvalue weighted by Gasteiger charge is 2.15. The van der Waals surface area contributed by atoms with Gasteiger partial charge in [-0.1, -0.05) is 18.2 Å². The zero-order valence-corrected chi connectivity index (χ0v) is 9.07. The summed E-state index contributed by atoms with van der Waals surface area (Å²) < 4.78 is 5.32. The van der Waals surface area contributed by atoms with Gasteiger partial charge in [0, 0.05) is 25.7 Å². The molecule has 0 bridgehead atoms. The van der Waals surface area contributed by atoms with E-state index in [4.69, 9.17) is 4.74 Å². The molecule has 1 N–H and O–H groups in total. The minimum Gasteiger partial charge on any atom is -0.496 e. The fourth-order valence-corrected chi connectivity index (χ4v) is 1.92. The molecule has 0 saturated carbocycles. The molecule has 3 heteroatoms. The van der Waals surface area contributed by atoms with Crippen molar-refractivity contribution < 1.29 is 4.74 Å². The molecular weight excluding hydrogens is 188 g/mol. The summed E-state index contributed by atoms with van der Waals surface area (Å²) in [6, 6.07) is 8.57. The fourth-order valence-electron chi connectivity index (χ4n) is 1.92.